The third-order valence-electron chi connectivity index (χ3n) is 6.84. The number of fused-ring (bicyclic) bond motifs is 1. The minimum absolute atomic E-state index is 0.0259. The number of hydrogen-bond acceptors (Lipinski definition) is 6. The molecule has 4 aromatic rings. The summed E-state index contributed by atoms with van der Waals surface area (Å²) in [5, 5.41) is 3.00. The molecule has 5 rings (SSSR count). The number of rotatable bonds is 6. The van der Waals surface area contributed by atoms with Crippen LogP contribution in [-0.4, -0.2) is 33.5 Å². The van der Waals surface area contributed by atoms with Crippen LogP contribution in [0.15, 0.2) is 51.8 Å². The summed E-state index contributed by atoms with van der Waals surface area (Å²) < 4.78 is 12.6. The summed E-state index contributed by atoms with van der Waals surface area (Å²) in [6.07, 6.45) is 3.99. The highest BCUT2D eigenvalue weighted by molar-refractivity contribution is 5.93. The quantitative estimate of drug-likeness (QED) is 0.376. The van der Waals surface area contributed by atoms with E-state index in [0.717, 1.165) is 16.8 Å². The zero-order valence-electron chi connectivity index (χ0n) is 20.0. The van der Waals surface area contributed by atoms with E-state index in [0.29, 0.717) is 42.5 Å². The van der Waals surface area contributed by atoms with Gasteiger partial charge in [0.15, 0.2) is 0 Å². The van der Waals surface area contributed by atoms with Crippen molar-refractivity contribution >= 4 is 28.5 Å². The standard InChI is InChI=1S/C26H27N5O5/c1-14-6-9-16(12-20(14)35-2)29-24(33)15-7-10-17(11-8-15)31-19-5-3-4-18(22(19)30-26(31)34)25-28-13-21(36-25)23(27)32/h3-6,9,12-13,15,17H,7-8,10-11H2,1-2H3,(H2,27,32)(H,29,33)(H,30,34)/t15-,17+. The predicted octanol–water partition coefficient (Wildman–Crippen LogP) is 3.77. The number of nitrogens with one attached hydrogen (secondary N) is 2. The average Bonchev–Trinajstić information content (AvgIpc) is 3.49. The van der Waals surface area contributed by atoms with Crippen LogP contribution in [0.5, 0.6) is 5.75 Å². The summed E-state index contributed by atoms with van der Waals surface area (Å²) in [5.41, 5.74) is 8.60. The molecule has 2 heterocycles. The molecule has 2 aromatic carbocycles. The highest BCUT2D eigenvalue weighted by Gasteiger charge is 2.29. The number of hydrogen-bond donors (Lipinski definition) is 3. The second-order valence-corrected chi connectivity index (χ2v) is 9.07. The fraction of sp³-hybridized carbons (Fsp3) is 0.308. The van der Waals surface area contributed by atoms with E-state index in [9.17, 15) is 14.4 Å². The van der Waals surface area contributed by atoms with Crippen LogP contribution in [0.2, 0.25) is 0 Å². The maximum Gasteiger partial charge on any atom is 0.326 e. The van der Waals surface area contributed by atoms with Crippen LogP contribution in [0.1, 0.15) is 47.8 Å². The first kappa shape index (κ1) is 23.4. The van der Waals surface area contributed by atoms with E-state index in [-0.39, 0.29) is 35.2 Å². The molecule has 2 amide bonds. The van der Waals surface area contributed by atoms with E-state index in [1.54, 1.807) is 17.7 Å². The topological polar surface area (TPSA) is 145 Å². The Morgan fingerprint density at radius 3 is 2.67 bits per heavy atom. The van der Waals surface area contributed by atoms with Gasteiger partial charge in [0.25, 0.3) is 5.91 Å². The molecule has 2 aromatic heterocycles. The van der Waals surface area contributed by atoms with Crippen LogP contribution in [0.3, 0.4) is 0 Å². The van der Waals surface area contributed by atoms with Gasteiger partial charge in [-0.1, -0.05) is 12.1 Å². The minimum atomic E-state index is -0.714. The average molecular weight is 490 g/mol. The summed E-state index contributed by atoms with van der Waals surface area (Å²) in [5.74, 6) is 0.00601. The van der Waals surface area contributed by atoms with Gasteiger partial charge in [0, 0.05) is 23.7 Å². The van der Waals surface area contributed by atoms with Crippen LogP contribution in [-0.2, 0) is 4.79 Å². The lowest BCUT2D eigenvalue weighted by molar-refractivity contribution is -0.121. The number of aryl methyl sites for hydroxylation is 1. The van der Waals surface area contributed by atoms with Gasteiger partial charge in [0.05, 0.1) is 29.9 Å². The number of nitrogens with zero attached hydrogens (tertiary/aromatic N) is 2. The Hall–Kier alpha value is -4.34. The number of methoxy groups -OCH3 is 1. The Morgan fingerprint density at radius 1 is 1.19 bits per heavy atom. The smallest absolute Gasteiger partial charge is 0.326 e. The monoisotopic (exact) mass is 489 g/mol. The van der Waals surface area contributed by atoms with Crippen molar-refractivity contribution in [3.63, 3.8) is 0 Å². The zero-order chi connectivity index (χ0) is 25.4. The molecule has 1 fully saturated rings. The van der Waals surface area contributed by atoms with Crippen molar-refractivity contribution in [3.8, 4) is 17.2 Å². The van der Waals surface area contributed by atoms with Gasteiger partial charge in [0.2, 0.25) is 17.6 Å². The Morgan fingerprint density at radius 2 is 1.97 bits per heavy atom. The number of amides is 2. The molecule has 0 aliphatic heterocycles. The molecule has 10 nitrogen and oxygen atoms in total. The van der Waals surface area contributed by atoms with Gasteiger partial charge in [-0.25, -0.2) is 9.78 Å². The van der Waals surface area contributed by atoms with Crippen molar-refractivity contribution in [1.29, 1.82) is 0 Å². The largest absolute Gasteiger partial charge is 0.496 e. The molecule has 1 aliphatic carbocycles. The number of para-hydroxylation sites is 1. The van der Waals surface area contributed by atoms with Crippen molar-refractivity contribution in [2.24, 2.45) is 11.7 Å². The molecular weight excluding hydrogens is 462 g/mol. The molecule has 0 spiro atoms. The summed E-state index contributed by atoms with van der Waals surface area (Å²) in [6.45, 7) is 1.95. The number of carbonyl (C=O) groups is 2. The van der Waals surface area contributed by atoms with Gasteiger partial charge in [0.1, 0.15) is 5.75 Å². The highest BCUT2D eigenvalue weighted by Crippen LogP contribution is 2.35. The predicted molar refractivity (Wildman–Crippen MR) is 134 cm³/mol. The summed E-state index contributed by atoms with van der Waals surface area (Å²) in [4.78, 5) is 44.3. The number of anilines is 1. The second kappa shape index (κ2) is 9.37. The van der Waals surface area contributed by atoms with Crippen LogP contribution in [0, 0.1) is 12.8 Å². The third-order valence-corrected chi connectivity index (χ3v) is 6.84. The normalized spacial score (nSPS) is 17.7. The van der Waals surface area contributed by atoms with Crippen LogP contribution in [0.4, 0.5) is 5.69 Å². The lowest BCUT2D eigenvalue weighted by Gasteiger charge is -2.28. The van der Waals surface area contributed by atoms with Crippen LogP contribution >= 0.6 is 0 Å². The fourth-order valence-electron chi connectivity index (χ4n) is 4.94. The first-order valence-corrected chi connectivity index (χ1v) is 11.8. The number of carbonyl (C=O) groups excluding carboxylic acids is 2. The van der Waals surface area contributed by atoms with Gasteiger partial charge < -0.3 is 25.2 Å². The number of imidazole rings is 1. The lowest BCUT2D eigenvalue weighted by Crippen LogP contribution is -2.31. The Kier molecular flexibility index (Phi) is 6.09. The van der Waals surface area contributed by atoms with Gasteiger partial charge in [-0.3, -0.25) is 14.2 Å². The second-order valence-electron chi connectivity index (χ2n) is 9.07. The summed E-state index contributed by atoms with van der Waals surface area (Å²) in [6, 6.07) is 11.0. The van der Waals surface area contributed by atoms with E-state index in [4.69, 9.17) is 14.9 Å². The van der Waals surface area contributed by atoms with E-state index >= 15 is 0 Å². The summed E-state index contributed by atoms with van der Waals surface area (Å²) >= 11 is 0. The van der Waals surface area contributed by atoms with Gasteiger partial charge in [-0.2, -0.15) is 0 Å². The number of oxazole rings is 1. The molecule has 4 N–H and O–H groups in total. The van der Waals surface area contributed by atoms with Crippen molar-refractivity contribution < 1.29 is 18.7 Å². The Bertz CT molecular complexity index is 1510. The number of ether oxygens (including phenoxy) is 1. The first-order valence-electron chi connectivity index (χ1n) is 11.8. The minimum Gasteiger partial charge on any atom is -0.496 e. The molecule has 1 saturated carbocycles. The molecule has 0 unspecified atom stereocenters. The molecule has 0 bridgehead atoms. The first-order chi connectivity index (χ1) is 17.4. The number of H-pyrrole nitrogens is 1. The van der Waals surface area contributed by atoms with Crippen molar-refractivity contribution in [2.45, 2.75) is 38.6 Å². The van der Waals surface area contributed by atoms with Crippen molar-refractivity contribution in [2.75, 3.05) is 12.4 Å². The SMILES string of the molecule is COc1cc(NC(=O)[C@H]2CC[C@@H](n3c(=O)[nH]c4c(-c5ncc(C(N)=O)o5)cccc43)CC2)ccc1C. The molecule has 0 atom stereocenters. The number of aromatic amines is 1. The zero-order valence-corrected chi connectivity index (χ0v) is 20.0. The Labute approximate surface area is 206 Å². The molecule has 36 heavy (non-hydrogen) atoms. The molecule has 10 heteroatoms. The Balaban J connectivity index is 1.33. The van der Waals surface area contributed by atoms with Crippen LogP contribution < -0.4 is 21.5 Å². The van der Waals surface area contributed by atoms with Gasteiger partial charge in [-0.15, -0.1) is 0 Å². The van der Waals surface area contributed by atoms with Crippen molar-refractivity contribution in [1.82, 2.24) is 14.5 Å². The maximum absolute atomic E-state index is 13.0. The van der Waals surface area contributed by atoms with E-state index in [1.165, 1.54) is 6.20 Å². The molecule has 186 valence electrons. The van der Waals surface area contributed by atoms with E-state index < -0.39 is 5.91 Å². The number of benzene rings is 2. The fourth-order valence-corrected chi connectivity index (χ4v) is 4.94. The number of primary amides is 1. The molecule has 0 saturated heterocycles. The van der Waals surface area contributed by atoms with E-state index in [2.05, 4.69) is 15.3 Å². The maximum atomic E-state index is 13.0. The van der Waals surface area contributed by atoms with Crippen molar-refractivity contribution in [3.05, 3.63) is 64.4 Å². The highest BCUT2D eigenvalue weighted by atomic mass is 16.5. The van der Waals surface area contributed by atoms with E-state index in [1.807, 2.05) is 37.3 Å². The number of aromatic nitrogens is 3. The molecular formula is C26H27N5O5. The third kappa shape index (κ3) is 4.26. The number of nitrogens with two attached hydrogens (primary N) is 1. The molecule has 0 radical (unpaired) electrons. The molecule has 1 aliphatic rings. The van der Waals surface area contributed by atoms with Gasteiger partial charge in [-0.05, 0) is 56.4 Å². The summed E-state index contributed by atoms with van der Waals surface area (Å²) in [7, 11) is 1.61. The van der Waals surface area contributed by atoms with Gasteiger partial charge >= 0.3 is 5.69 Å². The van der Waals surface area contributed by atoms with Crippen LogP contribution in [0.25, 0.3) is 22.5 Å². The lowest BCUT2D eigenvalue weighted by atomic mass is 9.85.